The molecule has 21 heavy (non-hydrogen) atoms. The third kappa shape index (κ3) is 4.10. The molecule has 1 N–H and O–H groups in total. The lowest BCUT2D eigenvalue weighted by Gasteiger charge is -2.20. The van der Waals surface area contributed by atoms with Crippen molar-refractivity contribution in [3.63, 3.8) is 0 Å². The summed E-state index contributed by atoms with van der Waals surface area (Å²) in [5.74, 6) is -1.90. The highest BCUT2D eigenvalue weighted by molar-refractivity contribution is 7.99. The van der Waals surface area contributed by atoms with Crippen LogP contribution in [-0.2, 0) is 9.59 Å². The molecule has 1 aromatic rings. The minimum atomic E-state index is -0.999. The van der Waals surface area contributed by atoms with Gasteiger partial charge in [0.25, 0.3) is 0 Å². The molecule has 1 unspecified atom stereocenters. The molecule has 0 radical (unpaired) electrons. The monoisotopic (exact) mass is 333 g/mol. The number of nitrogens with zero attached hydrogens (tertiary/aromatic N) is 1. The Bertz CT molecular complexity index is 556. The molecular formula is C13H13F2NO3S2. The number of carboxylic acid groups (broad SMARTS) is 1. The number of halogens is 2. The zero-order chi connectivity index (χ0) is 15.4. The van der Waals surface area contributed by atoms with Crippen LogP contribution in [0.5, 0.6) is 0 Å². The number of thioether (sulfide) groups is 2. The first kappa shape index (κ1) is 16.1. The average Bonchev–Trinajstić information content (AvgIpc) is 2.92. The van der Waals surface area contributed by atoms with Crippen molar-refractivity contribution in [3.8, 4) is 0 Å². The van der Waals surface area contributed by atoms with Gasteiger partial charge < -0.3 is 10.0 Å². The lowest BCUT2D eigenvalue weighted by atomic mass is 10.3. The normalized spacial score (nSPS) is 18.0. The number of carbonyl (C=O) groups excluding carboxylic acids is 1. The van der Waals surface area contributed by atoms with Crippen LogP contribution in [0, 0.1) is 11.6 Å². The third-order valence-electron chi connectivity index (χ3n) is 2.96. The van der Waals surface area contributed by atoms with Crippen molar-refractivity contribution in [2.75, 3.05) is 17.4 Å². The maximum absolute atomic E-state index is 13.0. The Labute approximate surface area is 128 Å². The molecule has 1 aliphatic rings. The number of carbonyl (C=O) groups is 2. The van der Waals surface area contributed by atoms with Crippen molar-refractivity contribution >= 4 is 35.4 Å². The van der Waals surface area contributed by atoms with Crippen molar-refractivity contribution in [2.45, 2.75) is 17.4 Å². The first-order chi connectivity index (χ1) is 9.99. The molecule has 2 rings (SSSR count). The van der Waals surface area contributed by atoms with Crippen LogP contribution >= 0.6 is 23.5 Å². The minimum Gasteiger partial charge on any atom is -0.480 e. The summed E-state index contributed by atoms with van der Waals surface area (Å²) in [6.07, 6.45) is 0.161. The van der Waals surface area contributed by atoms with Crippen LogP contribution in [0.25, 0.3) is 0 Å². The summed E-state index contributed by atoms with van der Waals surface area (Å²) in [6.45, 7) is 0. The number of hydrogen-bond acceptors (Lipinski definition) is 4. The Balaban J connectivity index is 1.84. The average molecular weight is 333 g/mol. The van der Waals surface area contributed by atoms with Crippen LogP contribution in [0.4, 0.5) is 8.78 Å². The summed E-state index contributed by atoms with van der Waals surface area (Å²) in [6, 6.07) is 2.79. The maximum Gasteiger partial charge on any atom is 0.327 e. The van der Waals surface area contributed by atoms with Gasteiger partial charge in [0.1, 0.15) is 6.04 Å². The molecule has 0 bridgehead atoms. The Morgan fingerprint density at radius 3 is 2.81 bits per heavy atom. The fraction of sp³-hybridized carbons (Fsp3) is 0.385. The van der Waals surface area contributed by atoms with Crippen LogP contribution in [0.1, 0.15) is 6.42 Å². The molecule has 114 valence electrons. The van der Waals surface area contributed by atoms with Crippen LogP contribution in [0.15, 0.2) is 23.1 Å². The number of hydrogen-bond donors (Lipinski definition) is 1. The van der Waals surface area contributed by atoms with Crippen LogP contribution in [0.3, 0.4) is 0 Å². The molecular weight excluding hydrogens is 320 g/mol. The van der Waals surface area contributed by atoms with E-state index in [9.17, 15) is 18.4 Å². The predicted octanol–water partition coefficient (Wildman–Crippen LogP) is 2.43. The zero-order valence-corrected chi connectivity index (χ0v) is 12.6. The molecule has 1 saturated heterocycles. The summed E-state index contributed by atoms with van der Waals surface area (Å²) < 4.78 is 25.8. The molecule has 0 saturated carbocycles. The van der Waals surface area contributed by atoms with E-state index >= 15 is 0 Å². The minimum absolute atomic E-state index is 0.161. The van der Waals surface area contributed by atoms with Gasteiger partial charge in [0.05, 0.1) is 5.88 Å². The van der Waals surface area contributed by atoms with E-state index in [1.807, 2.05) is 0 Å². The van der Waals surface area contributed by atoms with Crippen molar-refractivity contribution in [1.29, 1.82) is 0 Å². The molecule has 1 atom stereocenters. The van der Waals surface area contributed by atoms with E-state index in [4.69, 9.17) is 5.11 Å². The highest BCUT2D eigenvalue weighted by Crippen LogP contribution is 2.24. The van der Waals surface area contributed by atoms with E-state index in [2.05, 4.69) is 0 Å². The van der Waals surface area contributed by atoms with Gasteiger partial charge in [0.15, 0.2) is 11.6 Å². The van der Waals surface area contributed by atoms with Gasteiger partial charge in [-0.05, 0) is 18.2 Å². The van der Waals surface area contributed by atoms with E-state index in [0.29, 0.717) is 22.3 Å². The van der Waals surface area contributed by atoms with E-state index in [0.717, 1.165) is 12.1 Å². The van der Waals surface area contributed by atoms with Crippen molar-refractivity contribution in [1.82, 2.24) is 4.90 Å². The zero-order valence-electron chi connectivity index (χ0n) is 10.9. The maximum atomic E-state index is 13.0. The first-order valence-electron chi connectivity index (χ1n) is 6.17. The second-order valence-electron chi connectivity index (χ2n) is 4.39. The Hall–Kier alpha value is -1.28. The van der Waals surface area contributed by atoms with Gasteiger partial charge >= 0.3 is 5.97 Å². The molecule has 0 spiro atoms. The molecule has 1 aliphatic heterocycles. The van der Waals surface area contributed by atoms with E-state index < -0.39 is 23.6 Å². The molecule has 1 amide bonds. The van der Waals surface area contributed by atoms with Crippen LogP contribution < -0.4 is 0 Å². The number of amides is 1. The second-order valence-corrected chi connectivity index (χ2v) is 6.56. The molecule has 0 aromatic heterocycles. The third-order valence-corrected chi connectivity index (χ3v) is 4.97. The molecule has 8 heteroatoms. The highest BCUT2D eigenvalue weighted by atomic mass is 32.2. The van der Waals surface area contributed by atoms with Gasteiger partial charge in [-0.2, -0.15) is 0 Å². The summed E-state index contributed by atoms with van der Waals surface area (Å²) >= 11 is 2.64. The predicted molar refractivity (Wildman–Crippen MR) is 77.3 cm³/mol. The van der Waals surface area contributed by atoms with E-state index in [1.165, 1.54) is 34.5 Å². The van der Waals surface area contributed by atoms with Crippen molar-refractivity contribution in [3.05, 3.63) is 29.8 Å². The highest BCUT2D eigenvalue weighted by Gasteiger charge is 2.33. The van der Waals surface area contributed by atoms with Crippen LogP contribution in [-0.4, -0.2) is 45.3 Å². The van der Waals surface area contributed by atoms with Crippen molar-refractivity contribution < 1.29 is 23.5 Å². The Morgan fingerprint density at radius 2 is 2.14 bits per heavy atom. The smallest absolute Gasteiger partial charge is 0.327 e. The summed E-state index contributed by atoms with van der Waals surface area (Å²) in [5, 5.41) is 9.00. The fourth-order valence-corrected chi connectivity index (χ4v) is 3.89. The number of carboxylic acids is 1. The number of benzene rings is 1. The lowest BCUT2D eigenvalue weighted by molar-refractivity contribution is -0.147. The molecule has 4 nitrogen and oxygen atoms in total. The Kier molecular flexibility index (Phi) is 5.46. The van der Waals surface area contributed by atoms with Gasteiger partial charge in [-0.25, -0.2) is 13.6 Å². The standard InChI is InChI=1S/C13H13F2NO3S2/c14-9-2-1-8(5-10(9)15)21-4-3-12(17)16-7-20-6-11(16)13(18)19/h1-2,5,11H,3-4,6-7H2,(H,18,19). The summed E-state index contributed by atoms with van der Waals surface area (Å²) in [4.78, 5) is 24.8. The second kappa shape index (κ2) is 7.13. The van der Waals surface area contributed by atoms with Gasteiger partial charge in [-0.15, -0.1) is 23.5 Å². The summed E-state index contributed by atoms with van der Waals surface area (Å²) in [5.41, 5.74) is 0. The molecule has 0 aliphatic carbocycles. The quantitative estimate of drug-likeness (QED) is 0.839. The number of aliphatic carboxylic acids is 1. The lowest BCUT2D eigenvalue weighted by Crippen LogP contribution is -2.41. The van der Waals surface area contributed by atoms with E-state index in [-0.39, 0.29) is 12.3 Å². The number of rotatable bonds is 5. The van der Waals surface area contributed by atoms with E-state index in [1.54, 1.807) is 0 Å². The molecule has 1 fully saturated rings. The van der Waals surface area contributed by atoms with Crippen molar-refractivity contribution in [2.24, 2.45) is 0 Å². The first-order valence-corrected chi connectivity index (χ1v) is 8.31. The van der Waals surface area contributed by atoms with Gasteiger partial charge in [-0.3, -0.25) is 4.79 Å². The topological polar surface area (TPSA) is 57.6 Å². The fourth-order valence-electron chi connectivity index (χ4n) is 1.86. The Morgan fingerprint density at radius 1 is 1.38 bits per heavy atom. The SMILES string of the molecule is O=C(O)C1CSCN1C(=O)CCSc1ccc(F)c(F)c1. The largest absolute Gasteiger partial charge is 0.480 e. The molecule has 1 aromatic carbocycles. The van der Waals surface area contributed by atoms with Crippen LogP contribution in [0.2, 0.25) is 0 Å². The van der Waals surface area contributed by atoms with Gasteiger partial charge in [0.2, 0.25) is 5.91 Å². The van der Waals surface area contributed by atoms with Gasteiger partial charge in [-0.1, -0.05) is 0 Å². The van der Waals surface area contributed by atoms with Gasteiger partial charge in [0, 0.05) is 22.8 Å². The molecule has 1 heterocycles. The summed E-state index contributed by atoms with van der Waals surface area (Å²) in [7, 11) is 0.